The molecule has 0 fully saturated rings. The number of aromatic nitrogens is 1. The average Bonchev–Trinajstić information content (AvgIpc) is 3.14. The van der Waals surface area contributed by atoms with Crippen LogP contribution >= 0.6 is 11.3 Å². The third kappa shape index (κ3) is 2.04. The van der Waals surface area contributed by atoms with Gasteiger partial charge in [-0.25, -0.2) is 0 Å². The van der Waals surface area contributed by atoms with Crippen molar-refractivity contribution in [3.8, 4) is 0 Å². The van der Waals surface area contributed by atoms with Crippen molar-refractivity contribution >= 4 is 44.5 Å². The average molecular weight is 293 g/mol. The minimum absolute atomic E-state index is 0.780. The molecule has 0 atom stereocenters. The zero-order valence-corrected chi connectivity index (χ0v) is 12.2. The van der Waals surface area contributed by atoms with Crippen LogP contribution < -0.4 is 11.1 Å². The lowest BCUT2D eigenvalue weighted by atomic mass is 10.1. The summed E-state index contributed by atoms with van der Waals surface area (Å²) in [5.41, 5.74) is 10.1. The number of H-pyrrole nitrogens is 1. The minimum Gasteiger partial charge on any atom is -0.397 e. The van der Waals surface area contributed by atoms with Crippen molar-refractivity contribution in [3.63, 3.8) is 0 Å². The molecule has 4 aromatic rings. The number of nitrogens with one attached hydrogen (secondary N) is 2. The van der Waals surface area contributed by atoms with Gasteiger partial charge in [0.05, 0.1) is 11.2 Å². The van der Waals surface area contributed by atoms with E-state index in [9.17, 15) is 0 Å². The number of thiophene rings is 1. The standard InChI is InChI=1S/C17H15N3S/c18-13-7-8-15(19-10-11-4-3-9-21-11)16-12-5-1-2-6-14(12)20-17(13)16/h1-9,19-20H,10,18H2. The van der Waals surface area contributed by atoms with E-state index in [1.165, 1.54) is 15.6 Å². The summed E-state index contributed by atoms with van der Waals surface area (Å²) in [5, 5.41) is 8.00. The predicted molar refractivity (Wildman–Crippen MR) is 91.9 cm³/mol. The van der Waals surface area contributed by atoms with Gasteiger partial charge >= 0.3 is 0 Å². The Hall–Kier alpha value is -2.46. The first-order valence-electron chi connectivity index (χ1n) is 6.88. The number of nitrogens with two attached hydrogens (primary N) is 1. The zero-order valence-electron chi connectivity index (χ0n) is 11.4. The Morgan fingerprint density at radius 3 is 2.81 bits per heavy atom. The topological polar surface area (TPSA) is 53.8 Å². The van der Waals surface area contributed by atoms with Crippen LogP contribution in [-0.4, -0.2) is 4.98 Å². The van der Waals surface area contributed by atoms with Crippen LogP contribution in [0.5, 0.6) is 0 Å². The molecule has 4 N–H and O–H groups in total. The Balaban J connectivity index is 1.86. The predicted octanol–water partition coefficient (Wildman–Crippen LogP) is 4.58. The molecule has 0 spiro atoms. The number of rotatable bonds is 3. The third-order valence-electron chi connectivity index (χ3n) is 3.73. The van der Waals surface area contributed by atoms with Gasteiger partial charge in [-0.05, 0) is 29.6 Å². The SMILES string of the molecule is Nc1ccc(NCc2cccs2)c2c1[nH]c1ccccc12. The van der Waals surface area contributed by atoms with E-state index in [1.807, 2.05) is 12.1 Å². The lowest BCUT2D eigenvalue weighted by molar-refractivity contribution is 1.20. The quantitative estimate of drug-likeness (QED) is 0.484. The van der Waals surface area contributed by atoms with Gasteiger partial charge < -0.3 is 16.0 Å². The second-order valence-electron chi connectivity index (χ2n) is 5.06. The van der Waals surface area contributed by atoms with Crippen molar-refractivity contribution in [2.24, 2.45) is 0 Å². The fraction of sp³-hybridized carbons (Fsp3) is 0.0588. The monoisotopic (exact) mass is 293 g/mol. The molecule has 2 aromatic heterocycles. The van der Waals surface area contributed by atoms with Crippen molar-refractivity contribution in [2.45, 2.75) is 6.54 Å². The van der Waals surface area contributed by atoms with Crippen LogP contribution in [0, 0.1) is 0 Å². The van der Waals surface area contributed by atoms with Crippen molar-refractivity contribution in [3.05, 3.63) is 58.8 Å². The number of hydrogen-bond donors (Lipinski definition) is 3. The van der Waals surface area contributed by atoms with Crippen LogP contribution in [0.2, 0.25) is 0 Å². The van der Waals surface area contributed by atoms with Crippen LogP contribution in [0.3, 0.4) is 0 Å². The van der Waals surface area contributed by atoms with Gasteiger partial charge in [-0.1, -0.05) is 24.3 Å². The highest BCUT2D eigenvalue weighted by Gasteiger charge is 2.10. The van der Waals surface area contributed by atoms with Gasteiger partial charge in [-0.3, -0.25) is 0 Å². The first-order chi connectivity index (χ1) is 10.3. The smallest absolute Gasteiger partial charge is 0.0719 e. The molecule has 0 bridgehead atoms. The maximum absolute atomic E-state index is 6.12. The summed E-state index contributed by atoms with van der Waals surface area (Å²) in [7, 11) is 0. The highest BCUT2D eigenvalue weighted by Crippen LogP contribution is 2.35. The maximum atomic E-state index is 6.12. The Bertz CT molecular complexity index is 906. The molecule has 2 heterocycles. The summed E-state index contributed by atoms with van der Waals surface area (Å²) in [6.45, 7) is 0.830. The van der Waals surface area contributed by atoms with Crippen molar-refractivity contribution < 1.29 is 0 Å². The summed E-state index contributed by atoms with van der Waals surface area (Å²) >= 11 is 1.76. The normalized spacial score (nSPS) is 11.2. The molecule has 0 amide bonds. The van der Waals surface area contributed by atoms with E-state index in [0.29, 0.717) is 0 Å². The van der Waals surface area contributed by atoms with Gasteiger partial charge in [0.1, 0.15) is 0 Å². The first-order valence-corrected chi connectivity index (χ1v) is 7.76. The number of fused-ring (bicyclic) bond motifs is 3. The Morgan fingerprint density at radius 1 is 1.05 bits per heavy atom. The second-order valence-corrected chi connectivity index (χ2v) is 6.09. The van der Waals surface area contributed by atoms with Crippen molar-refractivity contribution in [1.29, 1.82) is 0 Å². The van der Waals surface area contributed by atoms with Gasteiger partial charge in [-0.2, -0.15) is 0 Å². The van der Waals surface area contributed by atoms with Crippen LogP contribution in [0.1, 0.15) is 4.88 Å². The van der Waals surface area contributed by atoms with Crippen LogP contribution in [0.25, 0.3) is 21.8 Å². The minimum atomic E-state index is 0.780. The third-order valence-corrected chi connectivity index (χ3v) is 4.60. The van der Waals surface area contributed by atoms with Gasteiger partial charge in [0, 0.05) is 33.4 Å². The summed E-state index contributed by atoms with van der Waals surface area (Å²) in [6, 6.07) is 16.5. The van der Waals surface area contributed by atoms with Crippen LogP contribution in [0.15, 0.2) is 53.9 Å². The molecular formula is C17H15N3S. The van der Waals surface area contributed by atoms with E-state index in [0.717, 1.165) is 29.0 Å². The van der Waals surface area contributed by atoms with Crippen LogP contribution in [0.4, 0.5) is 11.4 Å². The molecule has 3 nitrogen and oxygen atoms in total. The van der Waals surface area contributed by atoms with E-state index in [1.54, 1.807) is 11.3 Å². The van der Waals surface area contributed by atoms with Crippen molar-refractivity contribution in [2.75, 3.05) is 11.1 Å². The van der Waals surface area contributed by atoms with Gasteiger partial charge in [0.25, 0.3) is 0 Å². The van der Waals surface area contributed by atoms with Gasteiger partial charge in [-0.15, -0.1) is 11.3 Å². The highest BCUT2D eigenvalue weighted by atomic mass is 32.1. The molecule has 0 unspecified atom stereocenters. The molecule has 0 aliphatic heterocycles. The summed E-state index contributed by atoms with van der Waals surface area (Å²) in [5.74, 6) is 0. The molecule has 104 valence electrons. The van der Waals surface area contributed by atoms with E-state index in [2.05, 4.69) is 52.1 Å². The number of hydrogen-bond acceptors (Lipinski definition) is 3. The lowest BCUT2D eigenvalue weighted by Gasteiger charge is -2.08. The summed E-state index contributed by atoms with van der Waals surface area (Å²) in [6.07, 6.45) is 0. The van der Waals surface area contributed by atoms with Gasteiger partial charge in [0.15, 0.2) is 0 Å². The van der Waals surface area contributed by atoms with Gasteiger partial charge in [0.2, 0.25) is 0 Å². The largest absolute Gasteiger partial charge is 0.397 e. The molecule has 21 heavy (non-hydrogen) atoms. The molecule has 0 saturated heterocycles. The summed E-state index contributed by atoms with van der Waals surface area (Å²) < 4.78 is 0. The molecule has 2 aromatic carbocycles. The number of anilines is 2. The lowest BCUT2D eigenvalue weighted by Crippen LogP contribution is -1.98. The second kappa shape index (κ2) is 4.82. The fourth-order valence-electron chi connectivity index (χ4n) is 2.72. The van der Waals surface area contributed by atoms with E-state index in [4.69, 9.17) is 5.73 Å². The molecule has 4 rings (SSSR count). The molecule has 0 aliphatic carbocycles. The molecular weight excluding hydrogens is 278 g/mol. The highest BCUT2D eigenvalue weighted by molar-refractivity contribution is 7.09. The Kier molecular flexibility index (Phi) is 2.82. The molecule has 0 aliphatic rings. The Morgan fingerprint density at radius 2 is 1.95 bits per heavy atom. The number of nitrogen functional groups attached to an aromatic ring is 1. The fourth-order valence-corrected chi connectivity index (χ4v) is 3.37. The number of aromatic amines is 1. The van der Waals surface area contributed by atoms with Crippen LogP contribution in [-0.2, 0) is 6.54 Å². The first kappa shape index (κ1) is 12.3. The van der Waals surface area contributed by atoms with E-state index in [-0.39, 0.29) is 0 Å². The van der Waals surface area contributed by atoms with Crippen molar-refractivity contribution in [1.82, 2.24) is 4.98 Å². The van der Waals surface area contributed by atoms with E-state index < -0.39 is 0 Å². The Labute approximate surface area is 126 Å². The zero-order chi connectivity index (χ0) is 14.2. The molecule has 0 radical (unpaired) electrons. The number of para-hydroxylation sites is 1. The molecule has 0 saturated carbocycles. The molecule has 4 heteroatoms. The number of benzene rings is 2. The van der Waals surface area contributed by atoms with E-state index >= 15 is 0 Å². The summed E-state index contributed by atoms with van der Waals surface area (Å²) in [4.78, 5) is 4.74. The maximum Gasteiger partial charge on any atom is 0.0719 e.